The van der Waals surface area contributed by atoms with Crippen LogP contribution >= 0.6 is 0 Å². The van der Waals surface area contributed by atoms with Crippen molar-refractivity contribution in [3.63, 3.8) is 0 Å². The topological polar surface area (TPSA) is 48.0 Å². The molecule has 4 heteroatoms. The molecule has 0 bridgehead atoms. The van der Waals surface area contributed by atoms with Crippen molar-refractivity contribution in [3.8, 4) is 0 Å². The number of aryl methyl sites for hydroxylation is 3. The van der Waals surface area contributed by atoms with E-state index in [0.29, 0.717) is 19.3 Å². The lowest BCUT2D eigenvalue weighted by Crippen LogP contribution is -2.08. The molecule has 0 aromatic carbocycles. The second kappa shape index (κ2) is 4.99. The van der Waals surface area contributed by atoms with Crippen molar-refractivity contribution < 1.29 is 9.21 Å². The summed E-state index contributed by atoms with van der Waals surface area (Å²) in [6, 6.07) is 5.68. The van der Waals surface area contributed by atoms with Crippen molar-refractivity contribution in [2.24, 2.45) is 7.05 Å². The summed E-state index contributed by atoms with van der Waals surface area (Å²) >= 11 is 0. The highest BCUT2D eigenvalue weighted by molar-refractivity contribution is 5.80. The molecule has 2 aromatic heterocycles. The van der Waals surface area contributed by atoms with Gasteiger partial charge in [0, 0.05) is 32.0 Å². The second-order valence-electron chi connectivity index (χ2n) is 4.20. The molecule has 2 rings (SSSR count). The summed E-state index contributed by atoms with van der Waals surface area (Å²) < 4.78 is 6.96. The molecule has 0 saturated heterocycles. The lowest BCUT2D eigenvalue weighted by atomic mass is 10.1. The molecule has 0 N–H and O–H groups in total. The van der Waals surface area contributed by atoms with Gasteiger partial charge in [0.1, 0.15) is 11.5 Å². The first-order valence-corrected chi connectivity index (χ1v) is 5.69. The fourth-order valence-electron chi connectivity index (χ4n) is 1.84. The second-order valence-corrected chi connectivity index (χ2v) is 4.20. The average molecular weight is 232 g/mol. The van der Waals surface area contributed by atoms with Crippen LogP contribution in [-0.4, -0.2) is 15.6 Å². The Balaban J connectivity index is 1.87. The Labute approximate surface area is 100 Å². The summed E-state index contributed by atoms with van der Waals surface area (Å²) in [5, 5.41) is 4.22. The van der Waals surface area contributed by atoms with Gasteiger partial charge in [0.05, 0.1) is 12.0 Å². The van der Waals surface area contributed by atoms with E-state index >= 15 is 0 Å². The van der Waals surface area contributed by atoms with E-state index in [-0.39, 0.29) is 5.78 Å². The molecule has 0 amide bonds. The maximum atomic E-state index is 11.8. The van der Waals surface area contributed by atoms with E-state index in [0.717, 1.165) is 17.1 Å². The quantitative estimate of drug-likeness (QED) is 0.792. The van der Waals surface area contributed by atoms with Crippen LogP contribution in [0.4, 0.5) is 0 Å². The molecule has 0 fully saturated rings. The number of furan rings is 1. The predicted molar refractivity (Wildman–Crippen MR) is 63.7 cm³/mol. The van der Waals surface area contributed by atoms with Crippen molar-refractivity contribution in [2.45, 2.75) is 26.2 Å². The highest BCUT2D eigenvalue weighted by Gasteiger charge is 2.09. The number of aromatic nitrogens is 2. The summed E-state index contributed by atoms with van der Waals surface area (Å²) in [7, 11) is 1.86. The number of rotatable bonds is 5. The number of hydrogen-bond acceptors (Lipinski definition) is 3. The van der Waals surface area contributed by atoms with Gasteiger partial charge in [-0.25, -0.2) is 0 Å². The molecule has 0 aliphatic carbocycles. The molecule has 90 valence electrons. The van der Waals surface area contributed by atoms with Gasteiger partial charge >= 0.3 is 0 Å². The van der Waals surface area contributed by atoms with Crippen molar-refractivity contribution in [1.29, 1.82) is 0 Å². The van der Waals surface area contributed by atoms with Crippen LogP contribution in [0.5, 0.6) is 0 Å². The number of Topliss-reactive ketones (excluding diaryl/α,β-unsaturated/α-hetero) is 1. The van der Waals surface area contributed by atoms with E-state index in [4.69, 9.17) is 4.42 Å². The van der Waals surface area contributed by atoms with Crippen LogP contribution in [-0.2, 0) is 24.7 Å². The normalized spacial score (nSPS) is 10.7. The van der Waals surface area contributed by atoms with Crippen molar-refractivity contribution >= 4 is 5.78 Å². The van der Waals surface area contributed by atoms with E-state index < -0.39 is 0 Å². The molecule has 0 aliphatic rings. The van der Waals surface area contributed by atoms with Gasteiger partial charge in [-0.15, -0.1) is 0 Å². The van der Waals surface area contributed by atoms with E-state index in [1.165, 1.54) is 0 Å². The predicted octanol–water partition coefficient (Wildman–Crippen LogP) is 2.07. The lowest BCUT2D eigenvalue weighted by Gasteiger charge is -2.00. The Morgan fingerprint density at radius 3 is 2.94 bits per heavy atom. The third kappa shape index (κ3) is 3.06. The van der Waals surface area contributed by atoms with Gasteiger partial charge in [-0.05, 0) is 25.1 Å². The fraction of sp³-hybridized carbons (Fsp3) is 0.385. The van der Waals surface area contributed by atoms with Gasteiger partial charge in [-0.2, -0.15) is 5.10 Å². The molecular formula is C13H16N2O2. The minimum atomic E-state index is 0.212. The molecule has 0 aliphatic heterocycles. The third-order valence-electron chi connectivity index (χ3n) is 2.71. The number of carbonyl (C=O) groups excluding carboxylic acids is 1. The fourth-order valence-corrected chi connectivity index (χ4v) is 1.84. The Morgan fingerprint density at radius 1 is 1.53 bits per heavy atom. The summed E-state index contributed by atoms with van der Waals surface area (Å²) in [4.78, 5) is 11.8. The highest BCUT2D eigenvalue weighted by Crippen LogP contribution is 2.08. The van der Waals surface area contributed by atoms with Crippen molar-refractivity contribution in [2.75, 3.05) is 0 Å². The van der Waals surface area contributed by atoms with E-state index in [2.05, 4.69) is 5.10 Å². The molecule has 2 aromatic rings. The maximum absolute atomic E-state index is 11.8. The lowest BCUT2D eigenvalue weighted by molar-refractivity contribution is -0.118. The molecule has 0 radical (unpaired) electrons. The van der Waals surface area contributed by atoms with E-state index in [1.807, 2.05) is 32.2 Å². The van der Waals surface area contributed by atoms with E-state index in [9.17, 15) is 4.79 Å². The Morgan fingerprint density at radius 2 is 2.35 bits per heavy atom. The SMILES string of the molecule is Cc1cc(CC(=O)CCc2ccco2)n(C)n1. The molecule has 0 unspecified atom stereocenters. The third-order valence-corrected chi connectivity index (χ3v) is 2.71. The van der Waals surface area contributed by atoms with Crippen molar-refractivity contribution in [3.05, 3.63) is 41.6 Å². The van der Waals surface area contributed by atoms with Crippen LogP contribution < -0.4 is 0 Å². The summed E-state index contributed by atoms with van der Waals surface area (Å²) in [6.45, 7) is 1.93. The van der Waals surface area contributed by atoms with Gasteiger partial charge in [0.2, 0.25) is 0 Å². The molecule has 0 spiro atoms. The summed E-state index contributed by atoms with van der Waals surface area (Å²) in [5.41, 5.74) is 1.91. The largest absolute Gasteiger partial charge is 0.469 e. The van der Waals surface area contributed by atoms with Gasteiger partial charge in [-0.3, -0.25) is 9.48 Å². The standard InChI is InChI=1S/C13H16N2O2/c1-10-8-11(15(2)14-10)9-12(16)5-6-13-4-3-7-17-13/h3-4,7-8H,5-6,9H2,1-2H3. The Kier molecular flexibility index (Phi) is 3.42. The summed E-state index contributed by atoms with van der Waals surface area (Å²) in [5.74, 6) is 1.07. The smallest absolute Gasteiger partial charge is 0.139 e. The molecule has 2 heterocycles. The first-order valence-electron chi connectivity index (χ1n) is 5.69. The zero-order valence-electron chi connectivity index (χ0n) is 10.1. The minimum Gasteiger partial charge on any atom is -0.469 e. The minimum absolute atomic E-state index is 0.212. The first-order chi connectivity index (χ1) is 8.15. The van der Waals surface area contributed by atoms with Crippen LogP contribution in [0.1, 0.15) is 23.6 Å². The van der Waals surface area contributed by atoms with Crippen molar-refractivity contribution in [1.82, 2.24) is 9.78 Å². The van der Waals surface area contributed by atoms with Crippen LogP contribution in [0.3, 0.4) is 0 Å². The first kappa shape index (κ1) is 11.6. The van der Waals surface area contributed by atoms with Gasteiger partial charge in [0.15, 0.2) is 0 Å². The maximum Gasteiger partial charge on any atom is 0.139 e. The van der Waals surface area contributed by atoms with Gasteiger partial charge in [0.25, 0.3) is 0 Å². The van der Waals surface area contributed by atoms with Crippen LogP contribution in [0.2, 0.25) is 0 Å². The average Bonchev–Trinajstić information content (AvgIpc) is 2.87. The van der Waals surface area contributed by atoms with Crippen LogP contribution in [0.25, 0.3) is 0 Å². The number of hydrogen-bond donors (Lipinski definition) is 0. The Hall–Kier alpha value is -1.84. The molecule has 0 atom stereocenters. The highest BCUT2D eigenvalue weighted by atomic mass is 16.3. The van der Waals surface area contributed by atoms with E-state index in [1.54, 1.807) is 10.9 Å². The molecular weight excluding hydrogens is 216 g/mol. The van der Waals surface area contributed by atoms with Crippen LogP contribution in [0, 0.1) is 6.92 Å². The van der Waals surface area contributed by atoms with Crippen LogP contribution in [0.15, 0.2) is 28.9 Å². The molecule has 0 saturated carbocycles. The van der Waals surface area contributed by atoms with Gasteiger partial charge < -0.3 is 4.42 Å². The number of ketones is 1. The summed E-state index contributed by atoms with van der Waals surface area (Å²) in [6.07, 6.45) is 3.25. The monoisotopic (exact) mass is 232 g/mol. The zero-order chi connectivity index (χ0) is 12.3. The van der Waals surface area contributed by atoms with Gasteiger partial charge in [-0.1, -0.05) is 0 Å². The molecule has 4 nitrogen and oxygen atoms in total. The number of nitrogens with zero attached hydrogens (tertiary/aromatic N) is 2. The molecule has 17 heavy (non-hydrogen) atoms. The zero-order valence-corrected chi connectivity index (χ0v) is 10.1. The number of carbonyl (C=O) groups is 1. The Bertz CT molecular complexity index is 497.